The lowest BCUT2D eigenvalue weighted by atomic mass is 10.3. The van der Waals surface area contributed by atoms with Gasteiger partial charge in [-0.2, -0.15) is 0 Å². The lowest BCUT2D eigenvalue weighted by molar-refractivity contribution is -0.115. The van der Waals surface area contributed by atoms with Gasteiger partial charge in [-0.25, -0.2) is 13.6 Å². The molecule has 1 aliphatic carbocycles. The number of primary sulfonamides is 1. The van der Waals surface area contributed by atoms with Crippen LogP contribution in [0.4, 0.5) is 5.69 Å². The third-order valence-corrected chi connectivity index (χ3v) is 6.12. The van der Waals surface area contributed by atoms with E-state index in [1.807, 2.05) is 6.92 Å². The first-order valence-corrected chi connectivity index (χ1v) is 10.8. The summed E-state index contributed by atoms with van der Waals surface area (Å²) in [5.41, 5.74) is 0.505. The number of aromatic nitrogens is 3. The second kappa shape index (κ2) is 7.37. The summed E-state index contributed by atoms with van der Waals surface area (Å²) >= 11 is 1.36. The van der Waals surface area contributed by atoms with Gasteiger partial charge >= 0.3 is 0 Å². The van der Waals surface area contributed by atoms with Crippen molar-refractivity contribution in [2.45, 2.75) is 54.5 Å². The molecule has 2 aromatic rings. The Morgan fingerprint density at radius 1 is 1.35 bits per heavy atom. The average Bonchev–Trinajstić information content (AvgIpc) is 3.35. The fraction of sp³-hybridized carbons (Fsp3) is 0.438. The maximum atomic E-state index is 12.4. The number of rotatable bonds is 7. The van der Waals surface area contributed by atoms with Crippen LogP contribution in [-0.2, 0) is 21.4 Å². The number of hydrogen-bond donors (Lipinski definition) is 2. The molecule has 0 radical (unpaired) electrons. The van der Waals surface area contributed by atoms with E-state index in [1.54, 1.807) is 6.92 Å². The highest BCUT2D eigenvalue weighted by molar-refractivity contribution is 8.00. The molecule has 1 fully saturated rings. The van der Waals surface area contributed by atoms with E-state index < -0.39 is 10.0 Å². The molecular formula is C16H21N5O3S2. The molecule has 1 aliphatic rings. The van der Waals surface area contributed by atoms with Gasteiger partial charge in [-0.15, -0.1) is 10.2 Å². The topological polar surface area (TPSA) is 120 Å². The number of nitrogens with one attached hydrogen (secondary N) is 1. The molecule has 1 heterocycles. The van der Waals surface area contributed by atoms with E-state index in [4.69, 9.17) is 5.14 Å². The van der Waals surface area contributed by atoms with Crippen LogP contribution >= 0.6 is 11.8 Å². The van der Waals surface area contributed by atoms with E-state index in [2.05, 4.69) is 20.1 Å². The molecule has 10 heteroatoms. The van der Waals surface area contributed by atoms with Gasteiger partial charge in [-0.3, -0.25) is 4.79 Å². The molecule has 1 aromatic carbocycles. The highest BCUT2D eigenvalue weighted by Crippen LogP contribution is 2.40. The third-order valence-electron chi connectivity index (χ3n) is 4.11. The van der Waals surface area contributed by atoms with Crippen molar-refractivity contribution in [1.82, 2.24) is 14.8 Å². The van der Waals surface area contributed by atoms with E-state index in [0.29, 0.717) is 11.6 Å². The Labute approximate surface area is 156 Å². The summed E-state index contributed by atoms with van der Waals surface area (Å²) in [5, 5.41) is 16.7. The summed E-state index contributed by atoms with van der Waals surface area (Å²) in [6.45, 7) is 4.60. The lowest BCUT2D eigenvalue weighted by Crippen LogP contribution is -2.23. The number of nitrogens with zero attached hydrogens (tertiary/aromatic N) is 3. The predicted octanol–water partition coefficient (Wildman–Crippen LogP) is 1.94. The zero-order valence-corrected chi connectivity index (χ0v) is 16.2. The first kappa shape index (κ1) is 18.9. The average molecular weight is 396 g/mol. The number of benzene rings is 1. The second-order valence-corrected chi connectivity index (χ2v) is 9.05. The van der Waals surface area contributed by atoms with Crippen molar-refractivity contribution in [2.24, 2.45) is 5.14 Å². The van der Waals surface area contributed by atoms with E-state index in [9.17, 15) is 13.2 Å². The Kier molecular flexibility index (Phi) is 5.35. The third kappa shape index (κ3) is 4.25. The van der Waals surface area contributed by atoms with Crippen molar-refractivity contribution >= 4 is 33.4 Å². The van der Waals surface area contributed by atoms with E-state index >= 15 is 0 Å². The number of hydrogen-bond acceptors (Lipinski definition) is 6. The molecule has 1 aromatic heterocycles. The maximum Gasteiger partial charge on any atom is 0.238 e. The van der Waals surface area contributed by atoms with Crippen LogP contribution < -0.4 is 10.5 Å². The molecular weight excluding hydrogens is 374 g/mol. The van der Waals surface area contributed by atoms with Crippen LogP contribution in [0.1, 0.15) is 38.4 Å². The van der Waals surface area contributed by atoms with Crippen molar-refractivity contribution in [3.8, 4) is 0 Å². The summed E-state index contributed by atoms with van der Waals surface area (Å²) < 4.78 is 24.6. The fourth-order valence-electron chi connectivity index (χ4n) is 2.51. The number of amides is 1. The molecule has 1 amide bonds. The number of carbonyl (C=O) groups is 1. The van der Waals surface area contributed by atoms with Gasteiger partial charge in [-0.1, -0.05) is 11.8 Å². The van der Waals surface area contributed by atoms with Crippen LogP contribution in [0.2, 0.25) is 0 Å². The van der Waals surface area contributed by atoms with Gasteiger partial charge in [0.1, 0.15) is 5.82 Å². The van der Waals surface area contributed by atoms with Gasteiger partial charge in [0.15, 0.2) is 5.16 Å². The Morgan fingerprint density at radius 3 is 2.54 bits per heavy atom. The summed E-state index contributed by atoms with van der Waals surface area (Å²) in [7, 11) is -3.75. The Morgan fingerprint density at radius 2 is 2.00 bits per heavy atom. The Balaban J connectivity index is 1.65. The van der Waals surface area contributed by atoms with Gasteiger partial charge in [-0.05, 0) is 51.0 Å². The number of thioether (sulfide) groups is 1. The zero-order valence-electron chi connectivity index (χ0n) is 14.5. The van der Waals surface area contributed by atoms with Crippen LogP contribution in [0.3, 0.4) is 0 Å². The van der Waals surface area contributed by atoms with Gasteiger partial charge in [0.2, 0.25) is 15.9 Å². The van der Waals surface area contributed by atoms with Crippen LogP contribution in [0, 0.1) is 0 Å². The first-order valence-electron chi connectivity index (χ1n) is 8.33. The molecule has 26 heavy (non-hydrogen) atoms. The van der Waals surface area contributed by atoms with Crippen molar-refractivity contribution in [2.75, 3.05) is 5.32 Å². The number of carbonyl (C=O) groups excluding carboxylic acids is 1. The van der Waals surface area contributed by atoms with Gasteiger partial charge in [0, 0.05) is 18.2 Å². The molecule has 0 aliphatic heterocycles. The van der Waals surface area contributed by atoms with E-state index in [0.717, 1.165) is 30.4 Å². The minimum absolute atomic E-state index is 0.00146. The Bertz CT molecular complexity index is 904. The molecule has 0 bridgehead atoms. The molecule has 3 N–H and O–H groups in total. The van der Waals surface area contributed by atoms with Gasteiger partial charge < -0.3 is 9.88 Å². The molecule has 1 saturated carbocycles. The van der Waals surface area contributed by atoms with Gasteiger partial charge in [0.25, 0.3) is 0 Å². The standard InChI is InChI=1S/C16H21N5O3S2/c1-3-21-14(11-4-5-11)19-20-16(21)25-10(2)15(22)18-12-6-8-13(9-7-12)26(17,23)24/h6-11H,3-5H2,1-2H3,(H,18,22)(H2,17,23,24)/t10-/m1/s1. The minimum Gasteiger partial charge on any atom is -0.325 e. The molecule has 1 atom stereocenters. The van der Waals surface area contributed by atoms with Crippen molar-refractivity contribution < 1.29 is 13.2 Å². The first-order chi connectivity index (χ1) is 12.3. The van der Waals surface area contributed by atoms with Crippen molar-refractivity contribution in [3.63, 3.8) is 0 Å². The highest BCUT2D eigenvalue weighted by atomic mass is 32.2. The van der Waals surface area contributed by atoms with Crippen LogP contribution in [0.5, 0.6) is 0 Å². The Hall–Kier alpha value is -1.91. The van der Waals surface area contributed by atoms with Crippen molar-refractivity contribution in [1.29, 1.82) is 0 Å². The lowest BCUT2D eigenvalue weighted by Gasteiger charge is -2.13. The van der Waals surface area contributed by atoms with Crippen LogP contribution in [-0.4, -0.2) is 34.3 Å². The minimum atomic E-state index is -3.75. The predicted molar refractivity (Wildman–Crippen MR) is 99.4 cm³/mol. The quantitative estimate of drug-likeness (QED) is 0.691. The number of sulfonamides is 1. The molecule has 3 rings (SSSR count). The van der Waals surface area contributed by atoms with E-state index in [-0.39, 0.29) is 16.1 Å². The SMILES string of the molecule is CCn1c(S[C@H](C)C(=O)Nc2ccc(S(N)(=O)=O)cc2)nnc1C1CC1. The van der Waals surface area contributed by atoms with Gasteiger partial charge in [0.05, 0.1) is 10.1 Å². The molecule has 0 spiro atoms. The van der Waals surface area contributed by atoms with E-state index in [1.165, 1.54) is 36.0 Å². The summed E-state index contributed by atoms with van der Waals surface area (Å²) in [5.74, 6) is 1.30. The fourth-order valence-corrected chi connectivity index (χ4v) is 3.95. The smallest absolute Gasteiger partial charge is 0.238 e. The monoisotopic (exact) mass is 395 g/mol. The van der Waals surface area contributed by atoms with Crippen LogP contribution in [0.15, 0.2) is 34.3 Å². The molecule has 8 nitrogen and oxygen atoms in total. The summed E-state index contributed by atoms with van der Waals surface area (Å²) in [6, 6.07) is 5.74. The normalized spacial score (nSPS) is 15.7. The summed E-state index contributed by atoms with van der Waals surface area (Å²) in [6.07, 6.45) is 2.29. The molecule has 140 valence electrons. The largest absolute Gasteiger partial charge is 0.325 e. The molecule has 0 unspecified atom stereocenters. The zero-order chi connectivity index (χ0) is 18.9. The maximum absolute atomic E-state index is 12.4. The van der Waals surface area contributed by atoms with Crippen molar-refractivity contribution in [3.05, 3.63) is 30.1 Å². The highest BCUT2D eigenvalue weighted by Gasteiger charge is 2.30. The number of anilines is 1. The molecule has 0 saturated heterocycles. The summed E-state index contributed by atoms with van der Waals surface area (Å²) in [4.78, 5) is 12.4. The second-order valence-electron chi connectivity index (χ2n) is 6.18. The van der Waals surface area contributed by atoms with Crippen LogP contribution in [0.25, 0.3) is 0 Å². The number of nitrogens with two attached hydrogens (primary N) is 1.